The number of rotatable bonds is 19. The van der Waals surface area contributed by atoms with Crippen molar-refractivity contribution in [1.82, 2.24) is 0 Å². The summed E-state index contributed by atoms with van der Waals surface area (Å²) in [6, 6.07) is 38.4. The lowest BCUT2D eigenvalue weighted by Gasteiger charge is -2.31. The summed E-state index contributed by atoms with van der Waals surface area (Å²) in [6.45, 7) is 36.7. The molecule has 0 heterocycles. The van der Waals surface area contributed by atoms with Gasteiger partial charge >= 0.3 is 0 Å². The predicted octanol–water partition coefficient (Wildman–Crippen LogP) is 15.9. The second-order valence-corrected chi connectivity index (χ2v) is 25.9. The lowest BCUT2D eigenvalue weighted by molar-refractivity contribution is 0.400. The van der Waals surface area contributed by atoms with Gasteiger partial charge in [0.15, 0.2) is 0 Å². The van der Waals surface area contributed by atoms with Gasteiger partial charge in [-0.15, -0.1) is 0 Å². The van der Waals surface area contributed by atoms with Gasteiger partial charge in [0, 0.05) is 0 Å². The summed E-state index contributed by atoms with van der Waals surface area (Å²) >= 11 is 0. The molecular formula is C64H84O4P2. The molecule has 0 N–H and O–H groups in total. The molecule has 0 bridgehead atoms. The third-order valence-corrected chi connectivity index (χ3v) is 18.8. The molecule has 374 valence electrons. The van der Waals surface area contributed by atoms with E-state index in [4.69, 9.17) is 18.9 Å². The zero-order valence-corrected chi connectivity index (χ0v) is 48.2. The molecule has 0 unspecified atom stereocenters. The van der Waals surface area contributed by atoms with E-state index in [0.29, 0.717) is 0 Å². The zero-order chi connectivity index (χ0) is 51.5. The Labute approximate surface area is 426 Å². The maximum absolute atomic E-state index is 6.29. The van der Waals surface area contributed by atoms with Crippen LogP contribution in [0, 0.1) is 0 Å². The lowest BCUT2D eigenvalue weighted by Crippen LogP contribution is -2.28. The lowest BCUT2D eigenvalue weighted by atomic mass is 9.94. The number of ether oxygens (including phenoxy) is 4. The third-order valence-electron chi connectivity index (χ3n) is 13.9. The van der Waals surface area contributed by atoms with Gasteiger partial charge in [0.25, 0.3) is 0 Å². The molecule has 0 amide bonds. The van der Waals surface area contributed by atoms with E-state index in [2.05, 4.69) is 208 Å². The highest BCUT2D eigenvalue weighted by Crippen LogP contribution is 2.48. The van der Waals surface area contributed by atoms with Gasteiger partial charge in [-0.1, -0.05) is 159 Å². The normalized spacial score (nSPS) is 12.1. The van der Waals surface area contributed by atoms with Gasteiger partial charge in [-0.05, 0) is 199 Å². The molecule has 0 aliphatic heterocycles. The maximum atomic E-state index is 6.29. The molecule has 0 radical (unpaired) electrons. The van der Waals surface area contributed by atoms with Crippen molar-refractivity contribution in [3.05, 3.63) is 142 Å². The Bertz CT molecular complexity index is 2310. The molecular weight excluding hydrogens is 895 g/mol. The third kappa shape index (κ3) is 11.1. The number of hydrogen-bond acceptors (Lipinski definition) is 4. The molecule has 0 aliphatic rings. The predicted molar refractivity (Wildman–Crippen MR) is 308 cm³/mol. The van der Waals surface area contributed by atoms with E-state index in [1.54, 1.807) is 0 Å². The minimum Gasteiger partial charge on any atom is -0.496 e. The Kier molecular flexibility index (Phi) is 18.2. The van der Waals surface area contributed by atoms with E-state index in [-0.39, 0.29) is 47.3 Å². The fraction of sp³-hybridized carbons (Fsp3) is 0.438. The van der Waals surface area contributed by atoms with Gasteiger partial charge in [-0.3, -0.25) is 0 Å². The van der Waals surface area contributed by atoms with Gasteiger partial charge in [0.05, 0.1) is 28.4 Å². The van der Waals surface area contributed by atoms with Crippen molar-refractivity contribution < 1.29 is 18.9 Å². The second kappa shape index (κ2) is 23.3. The summed E-state index contributed by atoms with van der Waals surface area (Å²) in [4.78, 5) is 0. The van der Waals surface area contributed by atoms with Crippen LogP contribution in [-0.2, 0) is 0 Å². The van der Waals surface area contributed by atoms with Crippen LogP contribution >= 0.6 is 15.8 Å². The first-order chi connectivity index (χ1) is 33.2. The highest BCUT2D eigenvalue weighted by Gasteiger charge is 2.32. The molecule has 0 spiro atoms. The smallest absolute Gasteiger partial charge is 0.125 e. The molecule has 6 heteroatoms. The van der Waals surface area contributed by atoms with E-state index in [0.717, 1.165) is 23.0 Å². The van der Waals surface area contributed by atoms with Crippen LogP contribution < -0.4 is 50.8 Å². The van der Waals surface area contributed by atoms with Crippen LogP contribution in [-0.4, -0.2) is 28.4 Å². The van der Waals surface area contributed by atoms with E-state index in [1.165, 1.54) is 87.5 Å². The van der Waals surface area contributed by atoms with Crippen molar-refractivity contribution in [1.29, 1.82) is 0 Å². The van der Waals surface area contributed by atoms with Crippen LogP contribution in [0.2, 0.25) is 0 Å². The van der Waals surface area contributed by atoms with Crippen LogP contribution in [0.4, 0.5) is 0 Å². The molecule has 0 aliphatic carbocycles. The second-order valence-electron chi connectivity index (χ2n) is 21.6. The molecule has 70 heavy (non-hydrogen) atoms. The molecule has 0 fully saturated rings. The molecule has 0 aromatic heterocycles. The first kappa shape index (κ1) is 54.7. The average Bonchev–Trinajstić information content (AvgIpc) is 3.32. The van der Waals surface area contributed by atoms with Crippen molar-refractivity contribution in [2.45, 2.75) is 158 Å². The maximum Gasteiger partial charge on any atom is 0.125 e. The zero-order valence-electron chi connectivity index (χ0n) is 46.4. The average molecular weight is 979 g/mol. The van der Waals surface area contributed by atoms with E-state index in [1.807, 2.05) is 28.4 Å². The molecule has 0 saturated carbocycles. The van der Waals surface area contributed by atoms with Crippen LogP contribution in [0.15, 0.2) is 97.1 Å². The quantitative estimate of drug-likeness (QED) is 0.0758. The summed E-state index contributed by atoms with van der Waals surface area (Å²) in [6.07, 6.45) is 0. The van der Waals surface area contributed by atoms with Crippen molar-refractivity contribution in [3.63, 3.8) is 0 Å². The summed E-state index contributed by atoms with van der Waals surface area (Å²) in [5.41, 5.74) is 12.5. The minimum atomic E-state index is -1.13. The molecule has 0 saturated heterocycles. The van der Waals surface area contributed by atoms with E-state index < -0.39 is 15.8 Å². The van der Waals surface area contributed by atoms with Gasteiger partial charge in [0.1, 0.15) is 23.0 Å². The largest absolute Gasteiger partial charge is 0.496 e. The van der Waals surface area contributed by atoms with Gasteiger partial charge in [-0.2, -0.15) is 0 Å². The number of hydrogen-bond donors (Lipinski definition) is 0. The Hall–Kier alpha value is -4.62. The van der Waals surface area contributed by atoms with Gasteiger partial charge in [-0.25, -0.2) is 0 Å². The Morgan fingerprint density at radius 3 is 0.600 bits per heavy atom. The van der Waals surface area contributed by atoms with Crippen molar-refractivity contribution in [2.24, 2.45) is 0 Å². The summed E-state index contributed by atoms with van der Waals surface area (Å²) in [5, 5.41) is 8.02. The highest BCUT2D eigenvalue weighted by atomic mass is 31.1. The topological polar surface area (TPSA) is 36.9 Å². The van der Waals surface area contributed by atoms with Gasteiger partial charge < -0.3 is 18.9 Å². The van der Waals surface area contributed by atoms with Crippen molar-refractivity contribution >= 4 is 47.7 Å². The number of methoxy groups -OCH3 is 4. The van der Waals surface area contributed by atoms with Crippen LogP contribution in [0.3, 0.4) is 0 Å². The van der Waals surface area contributed by atoms with Gasteiger partial charge in [0.2, 0.25) is 0 Å². The van der Waals surface area contributed by atoms with E-state index >= 15 is 0 Å². The summed E-state index contributed by atoms with van der Waals surface area (Å²) < 4.78 is 25.2. The fourth-order valence-electron chi connectivity index (χ4n) is 10.2. The molecule has 6 aromatic rings. The van der Waals surface area contributed by atoms with Crippen molar-refractivity contribution in [2.75, 3.05) is 28.4 Å². The molecule has 4 nitrogen and oxygen atoms in total. The SMILES string of the molecule is COc1c(C(C)C)cc(P(c2cc(C(C)C)c(OC)c(C(C)C)c2)c2ccccc2-c2ccccc2P(c2cc(C(C)C)c(OC)c(C(C)C)c2)c2cc(C(C)C)c(OC)c(C(C)C)c2)cc1C(C)C. The molecule has 0 atom stereocenters. The van der Waals surface area contributed by atoms with Crippen molar-refractivity contribution in [3.8, 4) is 34.1 Å². The fourth-order valence-corrected chi connectivity index (χ4v) is 15.4. The highest BCUT2D eigenvalue weighted by molar-refractivity contribution is 7.80. The monoisotopic (exact) mass is 979 g/mol. The minimum absolute atomic E-state index is 0.268. The van der Waals surface area contributed by atoms with Crippen LogP contribution in [0.5, 0.6) is 23.0 Å². The first-order valence-electron chi connectivity index (χ1n) is 25.9. The standard InChI is InChI=1S/C64H84O4P2/c1-37(2)51-29-45(30-52(38(3)4)61(51)65-17)69(46-31-53(39(5)6)62(66-18)54(32-46)40(7)8)59-27-23-21-25-49(59)50-26-22-24-28-60(50)70(47-33-55(41(9)10)63(67-19)56(34-47)42(11)12)48-35-57(43(13)14)64(68-20)58(36-48)44(15)16/h21-44H,1-20H3. The Morgan fingerprint density at radius 1 is 0.271 bits per heavy atom. The summed E-state index contributed by atoms with van der Waals surface area (Å²) in [7, 11) is 5.07. The van der Waals surface area contributed by atoms with Crippen LogP contribution in [0.1, 0.15) is 203 Å². The van der Waals surface area contributed by atoms with E-state index in [9.17, 15) is 0 Å². The molecule has 6 aromatic carbocycles. The Morgan fingerprint density at radius 2 is 0.443 bits per heavy atom. The first-order valence-corrected chi connectivity index (χ1v) is 28.5. The Balaban J connectivity index is 1.81. The number of benzene rings is 6. The van der Waals surface area contributed by atoms with Crippen LogP contribution in [0.25, 0.3) is 11.1 Å². The molecule has 6 rings (SSSR count). The summed E-state index contributed by atoms with van der Waals surface area (Å²) in [5.74, 6) is 6.18.